The monoisotopic (exact) mass is 451 g/mol. The number of ether oxygens (including phenoxy) is 2. The molecule has 10 heteroatoms. The van der Waals surface area contributed by atoms with E-state index < -0.39 is 22.8 Å². The maximum absolute atomic E-state index is 12.0. The van der Waals surface area contributed by atoms with Gasteiger partial charge in [-0.1, -0.05) is 15.9 Å². The van der Waals surface area contributed by atoms with Crippen molar-refractivity contribution in [1.82, 2.24) is 10.9 Å². The van der Waals surface area contributed by atoms with Crippen molar-refractivity contribution in [1.29, 1.82) is 0 Å². The average molecular weight is 452 g/mol. The van der Waals surface area contributed by atoms with Crippen LogP contribution >= 0.6 is 15.9 Å². The lowest BCUT2D eigenvalue weighted by Gasteiger charge is -2.15. The molecule has 1 unspecified atom stereocenters. The number of nitro groups is 1. The number of nitrogens with one attached hydrogen (secondary N) is 2. The number of carbonyl (C=O) groups is 2. The third-order valence-corrected chi connectivity index (χ3v) is 4.44. The maximum atomic E-state index is 12.0. The van der Waals surface area contributed by atoms with Gasteiger partial charge in [0.25, 0.3) is 17.5 Å². The quantitative estimate of drug-likeness (QED) is 0.493. The number of carbonyl (C=O) groups excluding carboxylic acids is 2. The molecule has 2 aromatic carbocycles. The molecule has 0 radical (unpaired) electrons. The molecular weight excluding hydrogens is 434 g/mol. The predicted octanol–water partition coefficient (Wildman–Crippen LogP) is 2.66. The van der Waals surface area contributed by atoms with E-state index in [1.54, 1.807) is 12.1 Å². The number of non-ortho nitro benzene ring substituents is 1. The van der Waals surface area contributed by atoms with Crippen LogP contribution in [-0.2, 0) is 9.59 Å². The molecule has 0 saturated carbocycles. The number of aryl methyl sites for hydroxylation is 1. The Morgan fingerprint density at radius 3 is 2.39 bits per heavy atom. The van der Waals surface area contributed by atoms with Crippen molar-refractivity contribution in [2.45, 2.75) is 20.0 Å². The number of hydrazine groups is 1. The number of halogens is 1. The largest absolute Gasteiger partial charge is 0.484 e. The summed E-state index contributed by atoms with van der Waals surface area (Å²) in [6, 6.07) is 10.6. The van der Waals surface area contributed by atoms with E-state index >= 15 is 0 Å². The molecule has 9 nitrogen and oxygen atoms in total. The van der Waals surface area contributed by atoms with Crippen LogP contribution in [0.5, 0.6) is 11.5 Å². The summed E-state index contributed by atoms with van der Waals surface area (Å²) in [5.41, 5.74) is 5.33. The first-order chi connectivity index (χ1) is 13.3. The molecule has 0 fully saturated rings. The summed E-state index contributed by atoms with van der Waals surface area (Å²) in [7, 11) is 0. The molecule has 148 valence electrons. The predicted molar refractivity (Wildman–Crippen MR) is 104 cm³/mol. The standard InChI is InChI=1S/C18H18BrN3O6/c1-11-9-15(7-8-16(11)19)27-10-17(23)20-21-18(24)12(2)28-14-5-3-13(4-6-14)22(25)26/h3-9,12H,10H2,1-2H3,(H,20,23)(H,21,24). The van der Waals surface area contributed by atoms with Crippen molar-refractivity contribution in [3.8, 4) is 11.5 Å². The zero-order chi connectivity index (χ0) is 20.7. The van der Waals surface area contributed by atoms with Crippen LogP contribution in [-0.4, -0.2) is 29.4 Å². The molecule has 0 spiro atoms. The lowest BCUT2D eigenvalue weighted by Crippen LogP contribution is -2.48. The molecule has 0 aliphatic heterocycles. The molecule has 0 heterocycles. The molecule has 2 rings (SSSR count). The third-order valence-electron chi connectivity index (χ3n) is 3.55. The number of benzene rings is 2. The van der Waals surface area contributed by atoms with Crippen molar-refractivity contribution in [3.05, 3.63) is 62.6 Å². The number of nitro benzene ring substituents is 1. The van der Waals surface area contributed by atoms with Gasteiger partial charge in [-0.2, -0.15) is 0 Å². The first kappa shape index (κ1) is 21.2. The lowest BCUT2D eigenvalue weighted by molar-refractivity contribution is -0.384. The zero-order valence-corrected chi connectivity index (χ0v) is 16.7. The zero-order valence-electron chi connectivity index (χ0n) is 15.1. The van der Waals surface area contributed by atoms with E-state index in [1.807, 2.05) is 13.0 Å². The van der Waals surface area contributed by atoms with Gasteiger partial charge in [-0.15, -0.1) is 0 Å². The first-order valence-corrected chi connectivity index (χ1v) is 8.94. The van der Waals surface area contributed by atoms with Crippen LogP contribution in [0.3, 0.4) is 0 Å². The van der Waals surface area contributed by atoms with E-state index in [4.69, 9.17) is 9.47 Å². The Kier molecular flexibility index (Phi) is 7.33. The van der Waals surface area contributed by atoms with Crippen LogP contribution in [0.15, 0.2) is 46.9 Å². The summed E-state index contributed by atoms with van der Waals surface area (Å²) in [5.74, 6) is -0.326. The van der Waals surface area contributed by atoms with Crippen LogP contribution in [0.25, 0.3) is 0 Å². The Bertz CT molecular complexity index is 872. The summed E-state index contributed by atoms with van der Waals surface area (Å²) >= 11 is 3.37. The average Bonchev–Trinajstić information content (AvgIpc) is 2.67. The van der Waals surface area contributed by atoms with E-state index in [0.29, 0.717) is 5.75 Å². The van der Waals surface area contributed by atoms with E-state index in [-0.39, 0.29) is 18.0 Å². The Morgan fingerprint density at radius 2 is 1.79 bits per heavy atom. The molecule has 2 N–H and O–H groups in total. The summed E-state index contributed by atoms with van der Waals surface area (Å²) < 4.78 is 11.7. The fourth-order valence-corrected chi connectivity index (χ4v) is 2.28. The van der Waals surface area contributed by atoms with Gasteiger partial charge >= 0.3 is 0 Å². The second kappa shape index (κ2) is 9.70. The fraction of sp³-hybridized carbons (Fsp3) is 0.222. The van der Waals surface area contributed by atoms with Gasteiger partial charge in [0, 0.05) is 16.6 Å². The molecular formula is C18H18BrN3O6. The van der Waals surface area contributed by atoms with Gasteiger partial charge in [0.2, 0.25) is 0 Å². The van der Waals surface area contributed by atoms with Gasteiger partial charge < -0.3 is 9.47 Å². The highest BCUT2D eigenvalue weighted by molar-refractivity contribution is 9.10. The minimum Gasteiger partial charge on any atom is -0.484 e. The Morgan fingerprint density at radius 1 is 1.14 bits per heavy atom. The van der Waals surface area contributed by atoms with Crippen LogP contribution < -0.4 is 20.3 Å². The Hall–Kier alpha value is -3.14. The normalized spacial score (nSPS) is 11.2. The number of hydrogen-bond acceptors (Lipinski definition) is 6. The van der Waals surface area contributed by atoms with Gasteiger partial charge in [-0.25, -0.2) is 0 Å². The van der Waals surface area contributed by atoms with Crippen molar-refractivity contribution in [2.24, 2.45) is 0 Å². The lowest BCUT2D eigenvalue weighted by atomic mass is 10.2. The smallest absolute Gasteiger partial charge is 0.279 e. The van der Waals surface area contributed by atoms with Gasteiger partial charge in [0.1, 0.15) is 11.5 Å². The molecule has 2 amide bonds. The summed E-state index contributed by atoms with van der Waals surface area (Å²) in [5, 5.41) is 10.6. The Labute approximate surface area is 169 Å². The van der Waals surface area contributed by atoms with Crippen LogP contribution in [0.2, 0.25) is 0 Å². The second-order valence-electron chi connectivity index (χ2n) is 5.75. The summed E-state index contributed by atoms with van der Waals surface area (Å²) in [6.45, 7) is 3.09. The fourth-order valence-electron chi connectivity index (χ4n) is 2.03. The topological polar surface area (TPSA) is 120 Å². The summed E-state index contributed by atoms with van der Waals surface area (Å²) in [6.07, 6.45) is -0.934. The highest BCUT2D eigenvalue weighted by atomic mass is 79.9. The maximum Gasteiger partial charge on any atom is 0.279 e. The van der Waals surface area contributed by atoms with Crippen molar-refractivity contribution in [2.75, 3.05) is 6.61 Å². The van der Waals surface area contributed by atoms with Gasteiger partial charge in [-0.3, -0.25) is 30.6 Å². The highest BCUT2D eigenvalue weighted by Crippen LogP contribution is 2.21. The number of hydrogen-bond donors (Lipinski definition) is 2. The third kappa shape index (κ3) is 6.23. The van der Waals surface area contributed by atoms with Crippen LogP contribution in [0.1, 0.15) is 12.5 Å². The van der Waals surface area contributed by atoms with Gasteiger partial charge in [0.05, 0.1) is 4.92 Å². The molecule has 0 bridgehead atoms. The van der Waals surface area contributed by atoms with Crippen LogP contribution in [0.4, 0.5) is 5.69 Å². The molecule has 1 atom stereocenters. The molecule has 2 aromatic rings. The van der Waals surface area contributed by atoms with Crippen molar-refractivity contribution >= 4 is 33.4 Å². The van der Waals surface area contributed by atoms with E-state index in [1.165, 1.54) is 31.2 Å². The van der Waals surface area contributed by atoms with E-state index in [0.717, 1.165) is 10.0 Å². The minimum atomic E-state index is -0.934. The first-order valence-electron chi connectivity index (χ1n) is 8.15. The summed E-state index contributed by atoms with van der Waals surface area (Å²) in [4.78, 5) is 33.8. The molecule has 0 aromatic heterocycles. The number of nitrogens with zero attached hydrogens (tertiary/aromatic N) is 1. The molecule has 28 heavy (non-hydrogen) atoms. The SMILES string of the molecule is Cc1cc(OCC(=O)NNC(=O)C(C)Oc2ccc([N+](=O)[O-])cc2)ccc1Br. The molecule has 0 aliphatic rings. The Balaban J connectivity index is 1.76. The molecule has 0 aliphatic carbocycles. The van der Waals surface area contributed by atoms with Crippen molar-refractivity contribution < 1.29 is 24.0 Å². The van der Waals surface area contributed by atoms with Gasteiger partial charge in [-0.05, 0) is 49.7 Å². The van der Waals surface area contributed by atoms with E-state index in [2.05, 4.69) is 26.8 Å². The minimum absolute atomic E-state index is 0.0855. The van der Waals surface area contributed by atoms with E-state index in [9.17, 15) is 19.7 Å². The van der Waals surface area contributed by atoms with Crippen molar-refractivity contribution in [3.63, 3.8) is 0 Å². The highest BCUT2D eigenvalue weighted by Gasteiger charge is 2.16. The number of amides is 2. The van der Waals surface area contributed by atoms with Gasteiger partial charge in [0.15, 0.2) is 12.7 Å². The van der Waals surface area contributed by atoms with Crippen LogP contribution in [0, 0.1) is 17.0 Å². The second-order valence-corrected chi connectivity index (χ2v) is 6.60. The number of rotatable bonds is 7. The molecule has 0 saturated heterocycles.